The summed E-state index contributed by atoms with van der Waals surface area (Å²) >= 11 is 0. The molecule has 3 heterocycles. The van der Waals surface area contributed by atoms with Crippen LogP contribution in [0.25, 0.3) is 22.6 Å². The number of pyridine rings is 1. The fourth-order valence-electron chi connectivity index (χ4n) is 3.76. The van der Waals surface area contributed by atoms with Crippen molar-refractivity contribution in [1.82, 2.24) is 15.2 Å². The largest absolute Gasteiger partial charge is 0.415 e. The molecule has 34 heavy (non-hydrogen) atoms. The van der Waals surface area contributed by atoms with Crippen molar-refractivity contribution in [3.63, 3.8) is 0 Å². The summed E-state index contributed by atoms with van der Waals surface area (Å²) in [5, 5.41) is 6.86. The number of fused-ring (bicyclic) bond motifs is 1. The van der Waals surface area contributed by atoms with Crippen LogP contribution in [0.2, 0.25) is 0 Å². The molecule has 0 saturated carbocycles. The third kappa shape index (κ3) is 4.26. The van der Waals surface area contributed by atoms with Crippen LogP contribution in [0.5, 0.6) is 0 Å². The highest BCUT2D eigenvalue weighted by atomic mass is 32.2. The van der Waals surface area contributed by atoms with Gasteiger partial charge in [-0.3, -0.25) is 9.29 Å². The number of benzene rings is 2. The summed E-state index contributed by atoms with van der Waals surface area (Å²) in [6.45, 7) is -0.00236. The van der Waals surface area contributed by atoms with E-state index < -0.39 is 22.3 Å². The van der Waals surface area contributed by atoms with Gasteiger partial charge in [0.2, 0.25) is 15.9 Å². The molecule has 0 aliphatic carbocycles. The quantitative estimate of drug-likeness (QED) is 0.404. The summed E-state index contributed by atoms with van der Waals surface area (Å²) in [7, 11) is -3.57. The highest BCUT2D eigenvalue weighted by molar-refractivity contribution is 7.92. The molecule has 0 N–H and O–H groups in total. The fourth-order valence-corrected chi connectivity index (χ4v) is 5.27. The van der Waals surface area contributed by atoms with E-state index in [0.717, 1.165) is 16.7 Å². The highest BCUT2D eigenvalue weighted by Gasteiger charge is 2.30. The molecule has 7 nitrogen and oxygen atoms in total. The average Bonchev–Trinajstić information content (AvgIpc) is 3.32. The summed E-state index contributed by atoms with van der Waals surface area (Å²) in [5.41, 5.74) is 3.91. The number of nitrogens with zero attached hydrogens (tertiary/aromatic N) is 4. The Bertz CT molecular complexity index is 1440. The molecular weight excluding hydrogens is 469 g/mol. The molecule has 0 radical (unpaired) electrons. The van der Waals surface area contributed by atoms with Crippen molar-refractivity contribution in [2.45, 2.75) is 19.4 Å². The third-order valence-corrected chi connectivity index (χ3v) is 7.21. The van der Waals surface area contributed by atoms with Gasteiger partial charge >= 0.3 is 6.43 Å². The Hall–Kier alpha value is -3.73. The third-order valence-electron chi connectivity index (χ3n) is 5.50. The van der Waals surface area contributed by atoms with Gasteiger partial charge in [0, 0.05) is 6.20 Å². The molecule has 4 aromatic rings. The normalized spacial score (nSPS) is 14.9. The Morgan fingerprint density at radius 1 is 0.971 bits per heavy atom. The van der Waals surface area contributed by atoms with Crippen LogP contribution in [0.15, 0.2) is 65.2 Å². The van der Waals surface area contributed by atoms with Gasteiger partial charge in [-0.2, -0.15) is 8.78 Å². The molecular formula is C23H17F3N4O3S. The molecule has 1 aliphatic rings. The van der Waals surface area contributed by atoms with Gasteiger partial charge in [-0.15, -0.1) is 10.2 Å². The maximum absolute atomic E-state index is 13.3. The van der Waals surface area contributed by atoms with Gasteiger partial charge in [0.05, 0.1) is 29.2 Å². The van der Waals surface area contributed by atoms with E-state index in [-0.39, 0.29) is 24.0 Å². The van der Waals surface area contributed by atoms with Crippen molar-refractivity contribution in [3.8, 4) is 22.6 Å². The van der Waals surface area contributed by atoms with Crippen molar-refractivity contribution >= 4 is 15.7 Å². The maximum Gasteiger partial charge on any atom is 0.314 e. The van der Waals surface area contributed by atoms with Crippen molar-refractivity contribution in [1.29, 1.82) is 0 Å². The summed E-state index contributed by atoms with van der Waals surface area (Å²) < 4.78 is 70.5. The van der Waals surface area contributed by atoms with Gasteiger partial charge < -0.3 is 4.42 Å². The van der Waals surface area contributed by atoms with E-state index >= 15 is 0 Å². The molecule has 5 rings (SSSR count). The average molecular weight is 486 g/mol. The molecule has 2 aromatic heterocycles. The maximum atomic E-state index is 13.3. The van der Waals surface area contributed by atoms with E-state index in [9.17, 15) is 21.6 Å². The Morgan fingerprint density at radius 3 is 2.38 bits per heavy atom. The standard InChI is InChI=1S/C23H17F3N4O3S/c24-18-5-1-14(2-6-18)15-4-8-20-16(11-15)9-10-34(31,32)30(20)13-19-7-3-17(12-27-19)22-28-29-23(33-22)21(25)26/h1-8,11-12,21H,9-10,13H2. The first kappa shape index (κ1) is 22.1. The molecule has 0 amide bonds. The molecule has 0 fully saturated rings. The van der Waals surface area contributed by atoms with Gasteiger partial charge in [0.1, 0.15) is 5.82 Å². The fraction of sp³-hybridized carbons (Fsp3) is 0.174. The van der Waals surface area contributed by atoms with Crippen LogP contribution < -0.4 is 4.31 Å². The summed E-state index contributed by atoms with van der Waals surface area (Å²) in [5.74, 6) is -1.26. The van der Waals surface area contributed by atoms with Crippen molar-refractivity contribution < 1.29 is 26.0 Å². The lowest BCUT2D eigenvalue weighted by atomic mass is 10.00. The zero-order valence-corrected chi connectivity index (χ0v) is 18.3. The first-order valence-corrected chi connectivity index (χ1v) is 11.9. The number of aromatic nitrogens is 3. The van der Waals surface area contributed by atoms with E-state index in [0.29, 0.717) is 23.4 Å². The van der Waals surface area contributed by atoms with Crippen molar-refractivity contribution in [3.05, 3.63) is 83.8 Å². The van der Waals surface area contributed by atoms with Gasteiger partial charge in [-0.05, 0) is 59.5 Å². The van der Waals surface area contributed by atoms with Gasteiger partial charge in [0.25, 0.3) is 5.89 Å². The van der Waals surface area contributed by atoms with Crippen LogP contribution in [-0.4, -0.2) is 29.4 Å². The Balaban J connectivity index is 1.41. The van der Waals surface area contributed by atoms with E-state index in [1.54, 1.807) is 36.4 Å². The highest BCUT2D eigenvalue weighted by Crippen LogP contribution is 2.34. The molecule has 2 aromatic carbocycles. The van der Waals surface area contributed by atoms with Gasteiger partial charge in [-0.25, -0.2) is 12.8 Å². The van der Waals surface area contributed by atoms with Crippen LogP contribution in [-0.2, 0) is 23.0 Å². The summed E-state index contributed by atoms with van der Waals surface area (Å²) in [6, 6.07) is 14.7. The predicted molar refractivity (Wildman–Crippen MR) is 118 cm³/mol. The van der Waals surface area contributed by atoms with E-state index in [1.807, 2.05) is 6.07 Å². The lowest BCUT2D eigenvalue weighted by molar-refractivity contribution is 0.116. The second kappa shape index (κ2) is 8.56. The van der Waals surface area contributed by atoms with Crippen LogP contribution in [0.3, 0.4) is 0 Å². The molecule has 1 aliphatic heterocycles. The monoisotopic (exact) mass is 486 g/mol. The second-order valence-corrected chi connectivity index (χ2v) is 9.72. The smallest absolute Gasteiger partial charge is 0.314 e. The summed E-state index contributed by atoms with van der Waals surface area (Å²) in [6.07, 6.45) is -1.15. The lowest BCUT2D eigenvalue weighted by Crippen LogP contribution is -2.37. The minimum absolute atomic E-state index is 0.00236. The molecule has 0 atom stereocenters. The molecule has 0 bridgehead atoms. The van der Waals surface area contributed by atoms with Crippen LogP contribution in [0, 0.1) is 5.82 Å². The number of sulfonamides is 1. The van der Waals surface area contributed by atoms with Crippen molar-refractivity contribution in [2.75, 3.05) is 10.1 Å². The summed E-state index contributed by atoms with van der Waals surface area (Å²) in [4.78, 5) is 4.26. The zero-order chi connectivity index (χ0) is 23.9. The Kier molecular flexibility index (Phi) is 5.56. The number of anilines is 1. The SMILES string of the molecule is O=S1(=O)CCc2cc(-c3ccc(F)cc3)ccc2N1Cc1ccc(-c2nnc(C(F)F)o2)cn1. The topological polar surface area (TPSA) is 89.2 Å². The first-order chi connectivity index (χ1) is 16.3. The van der Waals surface area contributed by atoms with E-state index in [1.165, 1.54) is 22.6 Å². The number of rotatable bonds is 5. The van der Waals surface area contributed by atoms with Gasteiger partial charge in [0.15, 0.2) is 0 Å². The number of alkyl halides is 2. The molecule has 11 heteroatoms. The zero-order valence-electron chi connectivity index (χ0n) is 17.5. The predicted octanol–water partition coefficient (Wildman–Crippen LogP) is 4.77. The second-order valence-electron chi connectivity index (χ2n) is 7.71. The minimum Gasteiger partial charge on any atom is -0.415 e. The van der Waals surface area contributed by atoms with Crippen LogP contribution in [0.1, 0.15) is 23.6 Å². The first-order valence-electron chi connectivity index (χ1n) is 10.3. The van der Waals surface area contributed by atoms with Crippen molar-refractivity contribution in [2.24, 2.45) is 0 Å². The lowest BCUT2D eigenvalue weighted by Gasteiger charge is -2.31. The Morgan fingerprint density at radius 2 is 1.71 bits per heavy atom. The number of hydrogen-bond acceptors (Lipinski definition) is 6. The minimum atomic E-state index is -3.57. The molecule has 0 saturated heterocycles. The van der Waals surface area contributed by atoms with Crippen LogP contribution in [0.4, 0.5) is 18.9 Å². The molecule has 0 spiro atoms. The van der Waals surface area contributed by atoms with Crippen LogP contribution >= 0.6 is 0 Å². The van der Waals surface area contributed by atoms with E-state index in [2.05, 4.69) is 15.2 Å². The van der Waals surface area contributed by atoms with E-state index in [4.69, 9.17) is 4.42 Å². The number of hydrogen-bond donors (Lipinski definition) is 0. The number of halogens is 3. The van der Waals surface area contributed by atoms with Gasteiger partial charge in [-0.1, -0.05) is 18.2 Å². The molecule has 0 unspecified atom stereocenters. The Labute approximate surface area is 192 Å². The number of aryl methyl sites for hydroxylation is 1. The molecule has 174 valence electrons.